The predicted molar refractivity (Wildman–Crippen MR) is 124 cm³/mol. The Bertz CT molecular complexity index is 1080. The van der Waals surface area contributed by atoms with Crippen molar-refractivity contribution in [1.82, 2.24) is 19.4 Å². The van der Waals surface area contributed by atoms with E-state index >= 15 is 0 Å². The third-order valence-electron chi connectivity index (χ3n) is 8.87. The van der Waals surface area contributed by atoms with Gasteiger partial charge in [0.05, 0.1) is 24.0 Å². The number of nitrogens with zero attached hydrogens (tertiary/aromatic N) is 4. The highest BCUT2D eigenvalue weighted by atomic mass is 16.3. The molecule has 2 saturated heterocycles. The first-order chi connectivity index (χ1) is 15.9. The molecule has 7 nitrogen and oxygen atoms in total. The SMILES string of the molecule is Cn1cnc(CC(=O)N2CC[C@]34CCN(CC5CC5)[C@H](Cc5ccc(O)cc53)[C@]4(O)CC2)c1. The number of amides is 1. The molecule has 7 heteroatoms. The van der Waals surface area contributed by atoms with Gasteiger partial charge in [-0.25, -0.2) is 4.98 Å². The van der Waals surface area contributed by atoms with Gasteiger partial charge in [-0.05, 0) is 74.2 Å². The van der Waals surface area contributed by atoms with Gasteiger partial charge < -0.3 is 19.7 Å². The fraction of sp³-hybridized carbons (Fsp3) is 0.615. The fourth-order valence-electron chi connectivity index (χ4n) is 6.94. The maximum absolute atomic E-state index is 13.2. The summed E-state index contributed by atoms with van der Waals surface area (Å²) in [6.07, 6.45) is 9.48. The highest BCUT2D eigenvalue weighted by molar-refractivity contribution is 5.78. The average molecular weight is 451 g/mol. The molecule has 3 atom stereocenters. The van der Waals surface area contributed by atoms with Crippen molar-refractivity contribution in [3.63, 3.8) is 0 Å². The summed E-state index contributed by atoms with van der Waals surface area (Å²) in [5, 5.41) is 22.8. The Morgan fingerprint density at radius 1 is 1.18 bits per heavy atom. The van der Waals surface area contributed by atoms with Gasteiger partial charge >= 0.3 is 0 Å². The standard InChI is InChI=1S/C26H34N4O3/c1-28-16-20(27-17-28)13-24(32)29-9-6-25-7-10-30(15-18-2-3-18)23(26(25,33)8-11-29)12-19-4-5-21(31)14-22(19)25/h4-5,14,16-18,23,31,33H,2-3,6-13,15H2,1H3/t23-,25+,26-/m1/s1. The van der Waals surface area contributed by atoms with E-state index in [-0.39, 0.29) is 17.7 Å². The molecular weight excluding hydrogens is 416 g/mol. The predicted octanol–water partition coefficient (Wildman–Crippen LogP) is 2.00. The first-order valence-corrected chi connectivity index (χ1v) is 12.4. The lowest BCUT2D eigenvalue weighted by Crippen LogP contribution is -2.71. The second-order valence-electron chi connectivity index (χ2n) is 10.8. The van der Waals surface area contributed by atoms with Crippen LogP contribution in [0.5, 0.6) is 5.75 Å². The number of carbonyl (C=O) groups excluding carboxylic acids is 1. The van der Waals surface area contributed by atoms with Crippen LogP contribution in [0, 0.1) is 5.92 Å². The van der Waals surface area contributed by atoms with E-state index in [1.54, 1.807) is 12.4 Å². The molecule has 0 unspecified atom stereocenters. The van der Waals surface area contributed by atoms with Gasteiger partial charge in [-0.3, -0.25) is 9.69 Å². The summed E-state index contributed by atoms with van der Waals surface area (Å²) in [5.74, 6) is 1.11. The maximum Gasteiger partial charge on any atom is 0.228 e. The first-order valence-electron chi connectivity index (χ1n) is 12.4. The number of carbonyl (C=O) groups is 1. The Morgan fingerprint density at radius 3 is 2.73 bits per heavy atom. The van der Waals surface area contributed by atoms with Crippen LogP contribution in [-0.4, -0.2) is 73.3 Å². The van der Waals surface area contributed by atoms with Crippen LogP contribution in [0.15, 0.2) is 30.7 Å². The van der Waals surface area contributed by atoms with Crippen LogP contribution in [-0.2, 0) is 30.1 Å². The normalized spacial score (nSPS) is 31.6. The average Bonchev–Trinajstić information content (AvgIpc) is 3.53. The number of likely N-dealkylation sites (tertiary alicyclic amines) is 2. The Morgan fingerprint density at radius 2 is 1.97 bits per heavy atom. The Hall–Kier alpha value is -2.38. The summed E-state index contributed by atoms with van der Waals surface area (Å²) < 4.78 is 1.86. The molecule has 2 aromatic rings. The topological polar surface area (TPSA) is 81.8 Å². The Balaban J connectivity index is 1.34. The van der Waals surface area contributed by atoms with Crippen molar-refractivity contribution in [3.8, 4) is 5.75 Å². The third kappa shape index (κ3) is 3.39. The minimum Gasteiger partial charge on any atom is -0.508 e. The van der Waals surface area contributed by atoms with E-state index in [0.29, 0.717) is 25.9 Å². The lowest BCUT2D eigenvalue weighted by Gasteiger charge is -2.61. The van der Waals surface area contributed by atoms with E-state index < -0.39 is 11.0 Å². The molecule has 1 saturated carbocycles. The fourth-order valence-corrected chi connectivity index (χ4v) is 6.94. The summed E-state index contributed by atoms with van der Waals surface area (Å²) in [7, 11) is 1.91. The molecule has 4 aliphatic rings. The molecule has 1 aromatic carbocycles. The number of aromatic nitrogens is 2. The minimum absolute atomic E-state index is 0.0646. The van der Waals surface area contributed by atoms with Crippen molar-refractivity contribution < 1.29 is 15.0 Å². The molecule has 1 aromatic heterocycles. The molecule has 2 aliphatic carbocycles. The van der Waals surface area contributed by atoms with Crippen LogP contribution in [0.25, 0.3) is 0 Å². The summed E-state index contributed by atoms with van der Waals surface area (Å²) in [5.41, 5.74) is 1.80. The van der Waals surface area contributed by atoms with Crippen molar-refractivity contribution in [2.75, 3.05) is 26.2 Å². The number of hydrogen-bond acceptors (Lipinski definition) is 5. The van der Waals surface area contributed by atoms with Gasteiger partial charge in [-0.1, -0.05) is 6.07 Å². The summed E-state index contributed by atoms with van der Waals surface area (Å²) in [6.45, 7) is 3.23. The van der Waals surface area contributed by atoms with Crippen LogP contribution in [0.1, 0.15) is 48.9 Å². The molecule has 3 heterocycles. The molecular formula is C26H34N4O3. The summed E-state index contributed by atoms with van der Waals surface area (Å²) in [4.78, 5) is 22.0. The lowest BCUT2D eigenvalue weighted by atomic mass is 9.52. The Kier molecular flexibility index (Phi) is 4.86. The number of rotatable bonds is 4. The number of piperidine rings is 1. The highest BCUT2D eigenvalue weighted by Gasteiger charge is 2.63. The molecule has 3 fully saturated rings. The second-order valence-corrected chi connectivity index (χ2v) is 10.8. The van der Waals surface area contributed by atoms with E-state index in [9.17, 15) is 15.0 Å². The molecule has 6 rings (SSSR count). The number of phenols is 1. The monoisotopic (exact) mass is 450 g/mol. The third-order valence-corrected chi connectivity index (χ3v) is 8.87. The van der Waals surface area contributed by atoms with Gasteiger partial charge in [0.2, 0.25) is 5.91 Å². The van der Waals surface area contributed by atoms with Crippen LogP contribution in [0.4, 0.5) is 0 Å². The minimum atomic E-state index is -0.902. The molecule has 176 valence electrons. The van der Waals surface area contributed by atoms with E-state index in [4.69, 9.17) is 0 Å². The highest BCUT2D eigenvalue weighted by Crippen LogP contribution is 2.56. The summed E-state index contributed by atoms with van der Waals surface area (Å²) >= 11 is 0. The van der Waals surface area contributed by atoms with Gasteiger partial charge in [0, 0.05) is 44.3 Å². The van der Waals surface area contributed by atoms with Crippen LogP contribution >= 0.6 is 0 Å². The van der Waals surface area contributed by atoms with Gasteiger partial charge in [-0.15, -0.1) is 0 Å². The smallest absolute Gasteiger partial charge is 0.228 e. The van der Waals surface area contributed by atoms with Crippen molar-refractivity contribution in [2.45, 2.75) is 62.0 Å². The lowest BCUT2D eigenvalue weighted by molar-refractivity contribution is -0.149. The Labute approximate surface area is 195 Å². The van der Waals surface area contributed by atoms with E-state index in [0.717, 1.165) is 49.5 Å². The second kappa shape index (κ2) is 7.57. The van der Waals surface area contributed by atoms with Gasteiger partial charge in [0.15, 0.2) is 0 Å². The van der Waals surface area contributed by atoms with Crippen molar-refractivity contribution in [3.05, 3.63) is 47.5 Å². The summed E-state index contributed by atoms with van der Waals surface area (Å²) in [6, 6.07) is 5.78. The van der Waals surface area contributed by atoms with Crippen LogP contribution < -0.4 is 0 Å². The number of aryl methyl sites for hydroxylation is 1. The molecule has 0 spiro atoms. The van der Waals surface area contributed by atoms with Gasteiger partial charge in [0.25, 0.3) is 0 Å². The number of aliphatic hydroxyl groups is 1. The zero-order valence-electron chi connectivity index (χ0n) is 19.4. The zero-order valence-corrected chi connectivity index (χ0v) is 19.4. The van der Waals surface area contributed by atoms with Crippen LogP contribution in [0.2, 0.25) is 0 Å². The molecule has 2 N–H and O–H groups in total. The largest absolute Gasteiger partial charge is 0.508 e. The molecule has 1 amide bonds. The molecule has 2 aliphatic heterocycles. The number of aromatic hydroxyl groups is 1. The van der Waals surface area contributed by atoms with E-state index in [1.165, 1.54) is 18.4 Å². The quantitative estimate of drug-likeness (QED) is 0.745. The van der Waals surface area contributed by atoms with Gasteiger partial charge in [0.1, 0.15) is 5.75 Å². The van der Waals surface area contributed by atoms with Crippen molar-refractivity contribution in [2.24, 2.45) is 13.0 Å². The first kappa shape index (κ1) is 21.2. The number of benzene rings is 1. The van der Waals surface area contributed by atoms with Crippen molar-refractivity contribution >= 4 is 5.91 Å². The number of phenolic OH excluding ortho intramolecular Hbond substituents is 1. The number of imidazole rings is 1. The number of hydrogen-bond donors (Lipinski definition) is 2. The maximum atomic E-state index is 13.2. The van der Waals surface area contributed by atoms with Gasteiger partial charge in [-0.2, -0.15) is 0 Å². The van der Waals surface area contributed by atoms with E-state index in [1.807, 2.05) is 28.8 Å². The van der Waals surface area contributed by atoms with E-state index in [2.05, 4.69) is 16.0 Å². The van der Waals surface area contributed by atoms with Crippen LogP contribution in [0.3, 0.4) is 0 Å². The zero-order chi connectivity index (χ0) is 22.8. The molecule has 33 heavy (non-hydrogen) atoms. The van der Waals surface area contributed by atoms with Crippen molar-refractivity contribution in [1.29, 1.82) is 0 Å². The number of fused-ring (bicyclic) bond motifs is 1. The molecule has 0 radical (unpaired) electrons. The molecule has 2 bridgehead atoms.